The van der Waals surface area contributed by atoms with E-state index in [-0.39, 0.29) is 54.5 Å². The van der Waals surface area contributed by atoms with Crippen molar-refractivity contribution in [3.05, 3.63) is 71.7 Å². The van der Waals surface area contributed by atoms with E-state index >= 15 is 0 Å². The molecule has 328 valence electrons. The minimum absolute atomic E-state index is 0.0413. The lowest BCUT2D eigenvalue weighted by Gasteiger charge is -2.30. The molecule has 2 aliphatic heterocycles. The van der Waals surface area contributed by atoms with Gasteiger partial charge < -0.3 is 35.5 Å². The Morgan fingerprint density at radius 3 is 2.42 bits per heavy atom. The van der Waals surface area contributed by atoms with Gasteiger partial charge in [0, 0.05) is 75.5 Å². The van der Waals surface area contributed by atoms with E-state index in [2.05, 4.69) is 33.1 Å². The predicted octanol–water partition coefficient (Wildman–Crippen LogP) is 4.62. The molecular formula is C45H63N5O10. The number of carbonyl (C=O) groups excluding carboxylic acids is 7. The highest BCUT2D eigenvalue weighted by molar-refractivity contribution is 6.12. The van der Waals surface area contributed by atoms with Crippen LogP contribution in [-0.2, 0) is 43.0 Å². The molecule has 60 heavy (non-hydrogen) atoms. The maximum atomic E-state index is 13.3. The summed E-state index contributed by atoms with van der Waals surface area (Å²) in [5.74, 6) is 4.38. The van der Waals surface area contributed by atoms with E-state index in [0.29, 0.717) is 70.0 Å². The molecule has 5 amide bonds. The number of methoxy groups -OCH3 is 1. The summed E-state index contributed by atoms with van der Waals surface area (Å²) in [5.41, 5.74) is 0.869. The number of nitrogens with one attached hydrogen (secondary N) is 4. The molecule has 2 rings (SSSR count). The van der Waals surface area contributed by atoms with Gasteiger partial charge in [-0.3, -0.25) is 28.9 Å². The van der Waals surface area contributed by atoms with Gasteiger partial charge in [-0.15, -0.1) is 5.92 Å². The molecule has 15 nitrogen and oxygen atoms in total. The molecule has 15 heteroatoms. The summed E-state index contributed by atoms with van der Waals surface area (Å²) >= 11 is 0. The normalized spacial score (nSPS) is 17.4. The number of carbonyl (C=O) groups is 7. The van der Waals surface area contributed by atoms with Gasteiger partial charge in [0.05, 0.1) is 13.2 Å². The number of imide groups is 1. The summed E-state index contributed by atoms with van der Waals surface area (Å²) < 4.78 is 16.0. The van der Waals surface area contributed by atoms with E-state index in [1.165, 1.54) is 30.4 Å². The predicted molar refractivity (Wildman–Crippen MR) is 227 cm³/mol. The SMILES string of the molecule is CC#CC[C@@H](C/C=C\NC(=O)[C@@H](NC\C(C=O)=C/C=C\C(C)=C\[C@H](C)[C@@H]1CC=C(OC)C(=O)O1)C(C)(C)C)OC(=O)NCCCNC(=O)CCCCCN1C(=O)C=CC1=O. The summed E-state index contributed by atoms with van der Waals surface area (Å²) in [6, 6.07) is -0.653. The highest BCUT2D eigenvalue weighted by Crippen LogP contribution is 2.23. The van der Waals surface area contributed by atoms with E-state index in [1.54, 1.807) is 31.2 Å². The Kier molecular flexibility index (Phi) is 22.8. The number of allylic oxidation sites excluding steroid dienone is 4. The maximum absolute atomic E-state index is 13.3. The number of amides is 5. The van der Waals surface area contributed by atoms with Crippen molar-refractivity contribution in [1.82, 2.24) is 26.2 Å². The quantitative estimate of drug-likeness (QED) is 0.0191. The monoisotopic (exact) mass is 833 g/mol. The molecule has 4 N–H and O–H groups in total. The Morgan fingerprint density at radius 2 is 1.77 bits per heavy atom. The van der Waals surface area contributed by atoms with Crippen molar-refractivity contribution in [3.8, 4) is 11.8 Å². The number of unbranched alkanes of at least 4 members (excludes halogenated alkanes) is 2. The molecule has 0 aromatic rings. The highest BCUT2D eigenvalue weighted by Gasteiger charge is 2.31. The van der Waals surface area contributed by atoms with Crippen molar-refractivity contribution >= 4 is 42.0 Å². The van der Waals surface area contributed by atoms with Gasteiger partial charge in [0.1, 0.15) is 18.5 Å². The van der Waals surface area contributed by atoms with Crippen LogP contribution in [-0.4, -0.2) is 98.4 Å². The third kappa shape index (κ3) is 19.3. The Hall–Kier alpha value is -5.75. The largest absolute Gasteiger partial charge is 0.490 e. The van der Waals surface area contributed by atoms with Crippen LogP contribution in [0.2, 0.25) is 0 Å². The summed E-state index contributed by atoms with van der Waals surface area (Å²) in [6.07, 6.45) is 17.9. The van der Waals surface area contributed by atoms with Gasteiger partial charge in [-0.2, -0.15) is 0 Å². The van der Waals surface area contributed by atoms with Crippen molar-refractivity contribution in [2.75, 3.05) is 33.3 Å². The maximum Gasteiger partial charge on any atom is 0.407 e. The summed E-state index contributed by atoms with van der Waals surface area (Å²) in [5, 5.41) is 11.5. The van der Waals surface area contributed by atoms with Crippen molar-refractivity contribution in [1.29, 1.82) is 0 Å². The number of hydrogen-bond acceptors (Lipinski definition) is 11. The average molecular weight is 834 g/mol. The van der Waals surface area contributed by atoms with Crippen LogP contribution < -0.4 is 21.3 Å². The smallest absolute Gasteiger partial charge is 0.407 e. The lowest BCUT2D eigenvalue weighted by molar-refractivity contribution is -0.151. The molecule has 4 atom stereocenters. The van der Waals surface area contributed by atoms with Crippen LogP contribution in [0, 0.1) is 23.2 Å². The molecule has 2 aliphatic rings. The molecule has 0 unspecified atom stereocenters. The van der Waals surface area contributed by atoms with Crippen molar-refractivity contribution < 1.29 is 47.8 Å². The summed E-state index contributed by atoms with van der Waals surface area (Å²) in [6.45, 7) is 12.5. The molecule has 0 saturated carbocycles. The zero-order valence-corrected chi connectivity index (χ0v) is 36.1. The zero-order valence-electron chi connectivity index (χ0n) is 36.1. The molecule has 0 aromatic heterocycles. The number of alkyl carbamates (subject to hydrolysis) is 1. The number of esters is 1. The molecule has 0 radical (unpaired) electrons. The Bertz CT molecular complexity index is 1740. The van der Waals surface area contributed by atoms with Crippen LogP contribution in [0.3, 0.4) is 0 Å². The Labute approximate surface area is 354 Å². The molecule has 0 aromatic carbocycles. The van der Waals surface area contributed by atoms with Crippen LogP contribution in [0.5, 0.6) is 0 Å². The second-order valence-electron chi connectivity index (χ2n) is 15.5. The molecular weight excluding hydrogens is 771 g/mol. The third-order valence-electron chi connectivity index (χ3n) is 9.44. The standard InChI is InChI=1S/C45H63N5O10/c1-8-9-18-35(59-44(57)48-27-15-26-46-38(52)20-11-10-12-28-50-39(53)23-24-40(50)54)19-14-25-47-42(55)41(45(4,5)6)49-30-34(31-51)17-13-16-32(2)29-33(3)36-21-22-37(58-7)43(56)60-36/h13-14,16-17,22-25,29,31,33,35-36,41,49H,10-12,15,18-21,26-28,30H2,1-7H3,(H,46,52)(H,47,55)(H,48,57)/b16-13-,25-14-,32-29+,34-17+/t33-,35-,36-,41+/m0/s1. The van der Waals surface area contributed by atoms with Gasteiger partial charge in [-0.05, 0) is 50.8 Å². The van der Waals surface area contributed by atoms with Gasteiger partial charge >= 0.3 is 12.1 Å². The molecule has 2 heterocycles. The summed E-state index contributed by atoms with van der Waals surface area (Å²) in [4.78, 5) is 86.2. The second kappa shape index (κ2) is 27.1. The fourth-order valence-corrected chi connectivity index (χ4v) is 6.10. The number of aldehydes is 1. The minimum atomic E-state index is -0.653. The number of rotatable bonds is 25. The van der Waals surface area contributed by atoms with Crippen LogP contribution in [0.25, 0.3) is 0 Å². The topological polar surface area (TPSA) is 199 Å². The van der Waals surface area contributed by atoms with E-state index in [4.69, 9.17) is 14.2 Å². The Balaban J connectivity index is 1.76. The summed E-state index contributed by atoms with van der Waals surface area (Å²) in [7, 11) is 1.43. The minimum Gasteiger partial charge on any atom is -0.490 e. The van der Waals surface area contributed by atoms with Gasteiger partial charge in [0.25, 0.3) is 11.8 Å². The fraction of sp³-hybridized carbons (Fsp3) is 0.533. The first-order valence-corrected chi connectivity index (χ1v) is 20.4. The fourth-order valence-electron chi connectivity index (χ4n) is 6.10. The van der Waals surface area contributed by atoms with Gasteiger partial charge in [0.15, 0.2) is 5.76 Å². The number of cyclic esters (lactones) is 1. The van der Waals surface area contributed by atoms with E-state index in [1.807, 2.05) is 46.8 Å². The van der Waals surface area contributed by atoms with Crippen LogP contribution in [0.1, 0.15) is 92.9 Å². The number of nitrogens with zero attached hydrogens (tertiary/aromatic N) is 1. The third-order valence-corrected chi connectivity index (χ3v) is 9.44. The van der Waals surface area contributed by atoms with Crippen molar-refractivity contribution in [2.45, 2.75) is 111 Å². The first-order valence-electron chi connectivity index (χ1n) is 20.4. The number of hydrogen-bond donors (Lipinski definition) is 4. The lowest BCUT2D eigenvalue weighted by Crippen LogP contribution is -2.51. The van der Waals surface area contributed by atoms with E-state index in [9.17, 15) is 33.6 Å². The van der Waals surface area contributed by atoms with Crippen molar-refractivity contribution in [3.63, 3.8) is 0 Å². The number of ether oxygens (including phenoxy) is 3. The van der Waals surface area contributed by atoms with E-state index in [0.717, 1.165) is 11.9 Å². The lowest BCUT2D eigenvalue weighted by atomic mass is 9.86. The molecule has 0 saturated heterocycles. The molecule has 0 aliphatic carbocycles. The molecule has 0 spiro atoms. The second-order valence-corrected chi connectivity index (χ2v) is 15.5. The van der Waals surface area contributed by atoms with Crippen molar-refractivity contribution in [2.24, 2.45) is 11.3 Å². The first kappa shape index (κ1) is 50.4. The van der Waals surface area contributed by atoms with Crippen LogP contribution >= 0.6 is 0 Å². The van der Waals surface area contributed by atoms with E-state index < -0.39 is 29.6 Å². The zero-order chi connectivity index (χ0) is 44.5. The Morgan fingerprint density at radius 1 is 1.05 bits per heavy atom. The van der Waals surface area contributed by atoms with Crippen LogP contribution in [0.4, 0.5) is 4.79 Å². The van der Waals surface area contributed by atoms with Gasteiger partial charge in [-0.1, -0.05) is 76.0 Å². The molecule has 0 fully saturated rings. The highest BCUT2D eigenvalue weighted by atomic mass is 16.6. The molecule has 0 bridgehead atoms. The van der Waals surface area contributed by atoms with Crippen LogP contribution in [0.15, 0.2) is 71.7 Å². The first-order chi connectivity index (χ1) is 28.6. The van der Waals surface area contributed by atoms with Gasteiger partial charge in [-0.25, -0.2) is 9.59 Å². The average Bonchev–Trinajstić information content (AvgIpc) is 3.52. The van der Waals surface area contributed by atoms with Gasteiger partial charge in [0.2, 0.25) is 11.8 Å².